The van der Waals surface area contributed by atoms with Crippen molar-refractivity contribution < 1.29 is 13.2 Å². The van der Waals surface area contributed by atoms with E-state index in [4.69, 9.17) is 0 Å². The van der Waals surface area contributed by atoms with E-state index in [2.05, 4.69) is 5.32 Å². The molecular formula is C23H24N2O3S. The Kier molecular flexibility index (Phi) is 6.03. The number of benzene rings is 3. The molecule has 0 bridgehead atoms. The molecule has 0 unspecified atom stereocenters. The molecule has 0 aliphatic rings. The molecule has 29 heavy (non-hydrogen) atoms. The summed E-state index contributed by atoms with van der Waals surface area (Å²) in [4.78, 5) is 12.9. The van der Waals surface area contributed by atoms with E-state index >= 15 is 0 Å². The molecule has 1 N–H and O–H groups in total. The Morgan fingerprint density at radius 1 is 0.862 bits per heavy atom. The first-order chi connectivity index (χ1) is 13.8. The molecule has 0 atom stereocenters. The molecule has 5 nitrogen and oxygen atoms in total. The molecular weight excluding hydrogens is 384 g/mol. The molecule has 0 aromatic heterocycles. The Morgan fingerprint density at radius 2 is 1.48 bits per heavy atom. The van der Waals surface area contributed by atoms with E-state index in [-0.39, 0.29) is 11.4 Å². The minimum atomic E-state index is -3.91. The summed E-state index contributed by atoms with van der Waals surface area (Å²) in [6.45, 7) is 5.36. The monoisotopic (exact) mass is 408 g/mol. The highest BCUT2D eigenvalue weighted by Gasteiger charge is 2.28. The fraction of sp³-hybridized carbons (Fsp3) is 0.174. The van der Waals surface area contributed by atoms with Crippen molar-refractivity contribution in [3.05, 3.63) is 89.5 Å². The van der Waals surface area contributed by atoms with Gasteiger partial charge in [-0.25, -0.2) is 8.42 Å². The maximum atomic E-state index is 13.4. The number of rotatable bonds is 6. The van der Waals surface area contributed by atoms with Crippen LogP contribution in [0.2, 0.25) is 0 Å². The summed E-state index contributed by atoms with van der Waals surface area (Å²) in [5.74, 6) is -0.408. The highest BCUT2D eigenvalue weighted by Crippen LogP contribution is 2.28. The Balaban J connectivity index is 1.98. The number of anilines is 2. The van der Waals surface area contributed by atoms with Crippen molar-refractivity contribution in [2.45, 2.75) is 25.7 Å². The minimum absolute atomic E-state index is 0.143. The molecule has 3 rings (SSSR count). The molecule has 6 heteroatoms. The fourth-order valence-electron chi connectivity index (χ4n) is 2.98. The summed E-state index contributed by atoms with van der Waals surface area (Å²) in [6.07, 6.45) is 0. The molecule has 0 spiro atoms. The molecule has 0 saturated carbocycles. The zero-order valence-corrected chi connectivity index (χ0v) is 17.5. The van der Waals surface area contributed by atoms with Crippen molar-refractivity contribution in [3.8, 4) is 0 Å². The van der Waals surface area contributed by atoms with Crippen molar-refractivity contribution in [3.63, 3.8) is 0 Å². The van der Waals surface area contributed by atoms with Crippen molar-refractivity contribution in [2.75, 3.05) is 16.2 Å². The second-order valence-electron chi connectivity index (χ2n) is 7.03. The van der Waals surface area contributed by atoms with Crippen molar-refractivity contribution in [2.24, 2.45) is 0 Å². The van der Waals surface area contributed by atoms with E-state index in [0.29, 0.717) is 11.4 Å². The highest BCUT2D eigenvalue weighted by molar-refractivity contribution is 7.92. The summed E-state index contributed by atoms with van der Waals surface area (Å²) in [6, 6.07) is 21.1. The molecule has 3 aromatic rings. The van der Waals surface area contributed by atoms with Crippen molar-refractivity contribution in [1.29, 1.82) is 0 Å². The van der Waals surface area contributed by atoms with Crippen molar-refractivity contribution >= 4 is 27.3 Å². The number of hydrogen-bond donors (Lipinski definition) is 1. The topological polar surface area (TPSA) is 66.5 Å². The van der Waals surface area contributed by atoms with Gasteiger partial charge < -0.3 is 5.32 Å². The maximum absolute atomic E-state index is 13.4. The Bertz CT molecular complexity index is 1110. The number of nitrogens with one attached hydrogen (secondary N) is 1. The first kappa shape index (κ1) is 20.6. The van der Waals surface area contributed by atoms with E-state index in [0.717, 1.165) is 16.7 Å². The van der Waals surface area contributed by atoms with E-state index in [1.54, 1.807) is 36.4 Å². The van der Waals surface area contributed by atoms with E-state index in [1.807, 2.05) is 45.0 Å². The van der Waals surface area contributed by atoms with Crippen LogP contribution in [-0.2, 0) is 14.8 Å². The standard InChI is InChI=1S/C23H24N2O3S/c1-17-10-13-20(14-11-17)24-23(26)16-25(22-15-18(2)9-12-19(22)3)29(27,28)21-7-5-4-6-8-21/h4-15H,16H2,1-3H3,(H,24,26). The van der Waals surface area contributed by atoms with Gasteiger partial charge in [0.05, 0.1) is 10.6 Å². The zero-order valence-electron chi connectivity index (χ0n) is 16.7. The smallest absolute Gasteiger partial charge is 0.264 e. The molecule has 0 aliphatic heterocycles. The van der Waals surface area contributed by atoms with Gasteiger partial charge in [0.25, 0.3) is 10.0 Å². The lowest BCUT2D eigenvalue weighted by Gasteiger charge is -2.26. The lowest BCUT2D eigenvalue weighted by molar-refractivity contribution is -0.114. The number of nitrogens with zero attached hydrogens (tertiary/aromatic N) is 1. The molecule has 3 aromatic carbocycles. The van der Waals surface area contributed by atoms with Crippen LogP contribution in [0, 0.1) is 20.8 Å². The molecule has 0 radical (unpaired) electrons. The third kappa shape index (κ3) is 4.84. The molecule has 0 saturated heterocycles. The van der Waals surface area contributed by atoms with Gasteiger partial charge in [-0.2, -0.15) is 0 Å². The van der Waals surface area contributed by atoms with E-state index in [1.165, 1.54) is 16.4 Å². The van der Waals surface area contributed by atoms with Crippen LogP contribution >= 0.6 is 0 Å². The number of sulfonamides is 1. The average molecular weight is 409 g/mol. The van der Waals surface area contributed by atoms with Gasteiger partial charge in [0, 0.05) is 5.69 Å². The number of amides is 1. The average Bonchev–Trinajstić information content (AvgIpc) is 2.70. The predicted octanol–water partition coefficient (Wildman–Crippen LogP) is 4.45. The summed E-state index contributed by atoms with van der Waals surface area (Å²) in [5, 5.41) is 2.78. The van der Waals surface area contributed by atoms with Gasteiger partial charge in [-0.1, -0.05) is 48.0 Å². The summed E-state index contributed by atoms with van der Waals surface area (Å²) >= 11 is 0. The lowest BCUT2D eigenvalue weighted by atomic mass is 10.1. The molecule has 0 aliphatic carbocycles. The van der Waals surface area contributed by atoms with Gasteiger partial charge >= 0.3 is 0 Å². The number of carbonyl (C=O) groups excluding carboxylic acids is 1. The quantitative estimate of drug-likeness (QED) is 0.655. The highest BCUT2D eigenvalue weighted by atomic mass is 32.2. The van der Waals surface area contributed by atoms with Gasteiger partial charge in [-0.3, -0.25) is 9.10 Å². The van der Waals surface area contributed by atoms with Crippen LogP contribution in [0.25, 0.3) is 0 Å². The molecule has 0 heterocycles. The van der Waals surface area contributed by atoms with E-state index in [9.17, 15) is 13.2 Å². The van der Waals surface area contributed by atoms with Gasteiger partial charge in [-0.05, 0) is 62.2 Å². The zero-order chi connectivity index (χ0) is 21.0. The number of aryl methyl sites for hydroxylation is 3. The summed E-state index contributed by atoms with van der Waals surface area (Å²) in [5.41, 5.74) is 3.88. The van der Waals surface area contributed by atoms with Gasteiger partial charge in [0.1, 0.15) is 6.54 Å². The normalized spacial score (nSPS) is 11.1. The predicted molar refractivity (Wildman–Crippen MR) is 117 cm³/mol. The van der Waals surface area contributed by atoms with Gasteiger partial charge in [0.15, 0.2) is 0 Å². The largest absolute Gasteiger partial charge is 0.325 e. The van der Waals surface area contributed by atoms with Gasteiger partial charge in [-0.15, -0.1) is 0 Å². The first-order valence-electron chi connectivity index (χ1n) is 9.29. The van der Waals surface area contributed by atoms with Crippen LogP contribution in [0.3, 0.4) is 0 Å². The Morgan fingerprint density at radius 3 is 2.14 bits per heavy atom. The maximum Gasteiger partial charge on any atom is 0.264 e. The third-order valence-electron chi connectivity index (χ3n) is 4.59. The fourth-order valence-corrected chi connectivity index (χ4v) is 4.47. The first-order valence-corrected chi connectivity index (χ1v) is 10.7. The van der Waals surface area contributed by atoms with Crippen molar-refractivity contribution in [1.82, 2.24) is 0 Å². The summed E-state index contributed by atoms with van der Waals surface area (Å²) in [7, 11) is -3.91. The minimum Gasteiger partial charge on any atom is -0.325 e. The Labute approximate surface area is 172 Å². The van der Waals surface area contributed by atoms with Crippen LogP contribution in [0.4, 0.5) is 11.4 Å². The molecule has 0 fully saturated rings. The number of carbonyl (C=O) groups is 1. The molecule has 1 amide bonds. The van der Waals surface area contributed by atoms with Crippen LogP contribution < -0.4 is 9.62 Å². The van der Waals surface area contributed by atoms with Crippen LogP contribution in [-0.4, -0.2) is 20.9 Å². The summed E-state index contributed by atoms with van der Waals surface area (Å²) < 4.78 is 27.9. The van der Waals surface area contributed by atoms with Gasteiger partial charge in [0.2, 0.25) is 5.91 Å². The SMILES string of the molecule is Cc1ccc(NC(=O)CN(c2cc(C)ccc2C)S(=O)(=O)c2ccccc2)cc1. The van der Waals surface area contributed by atoms with Crippen LogP contribution in [0.5, 0.6) is 0 Å². The third-order valence-corrected chi connectivity index (χ3v) is 6.36. The van der Waals surface area contributed by atoms with E-state index < -0.39 is 15.9 Å². The lowest BCUT2D eigenvalue weighted by Crippen LogP contribution is -2.38. The van der Waals surface area contributed by atoms with Crippen LogP contribution in [0.1, 0.15) is 16.7 Å². The Hall–Kier alpha value is -3.12. The molecule has 150 valence electrons. The second-order valence-corrected chi connectivity index (χ2v) is 8.89. The van der Waals surface area contributed by atoms with Crippen LogP contribution in [0.15, 0.2) is 77.7 Å². The number of hydrogen-bond acceptors (Lipinski definition) is 3. The second kappa shape index (κ2) is 8.49.